The van der Waals surface area contributed by atoms with Crippen molar-refractivity contribution in [2.75, 3.05) is 7.11 Å². The average Bonchev–Trinajstić information content (AvgIpc) is 3.04. The number of aromatic nitrogens is 1. The average molecular weight is 314 g/mol. The molecule has 23 heavy (non-hydrogen) atoms. The lowest BCUT2D eigenvalue weighted by atomic mass is 9.97. The Kier molecular flexibility index (Phi) is 4.37. The zero-order valence-corrected chi connectivity index (χ0v) is 13.8. The summed E-state index contributed by atoms with van der Waals surface area (Å²) in [6, 6.07) is 9.69. The summed E-state index contributed by atoms with van der Waals surface area (Å²) in [5, 5.41) is 3.98. The molecule has 2 heterocycles. The Hall–Kier alpha value is -2.30. The van der Waals surface area contributed by atoms with Crippen molar-refractivity contribution in [3.63, 3.8) is 0 Å². The molecular formula is C18H22N2O3. The number of piperidine rings is 1. The molecule has 122 valence electrons. The molecule has 0 saturated carbocycles. The molecule has 0 spiro atoms. The van der Waals surface area contributed by atoms with Crippen molar-refractivity contribution >= 4 is 5.91 Å². The van der Waals surface area contributed by atoms with E-state index in [9.17, 15) is 4.79 Å². The second-order valence-corrected chi connectivity index (χ2v) is 6.15. The molecule has 5 heteroatoms. The summed E-state index contributed by atoms with van der Waals surface area (Å²) in [5.74, 6) is 1.32. The number of hydrogen-bond donors (Lipinski definition) is 0. The maximum absolute atomic E-state index is 12.7. The molecule has 2 aromatic rings. The van der Waals surface area contributed by atoms with E-state index in [1.54, 1.807) is 13.2 Å². The van der Waals surface area contributed by atoms with Gasteiger partial charge in [-0.1, -0.05) is 5.16 Å². The number of rotatable bonds is 3. The summed E-state index contributed by atoms with van der Waals surface area (Å²) in [6.45, 7) is 4.19. The molecule has 1 aromatic carbocycles. The molecule has 1 aromatic heterocycles. The molecule has 1 aliphatic rings. The predicted octanol–water partition coefficient (Wildman–Crippen LogP) is 3.75. The van der Waals surface area contributed by atoms with Gasteiger partial charge in [0.2, 0.25) is 0 Å². The number of hydrogen-bond acceptors (Lipinski definition) is 4. The van der Waals surface area contributed by atoms with Crippen LogP contribution in [0.5, 0.6) is 5.75 Å². The van der Waals surface area contributed by atoms with Gasteiger partial charge in [0.15, 0.2) is 11.5 Å². The molecule has 2 atom stereocenters. The van der Waals surface area contributed by atoms with Crippen molar-refractivity contribution in [2.45, 2.75) is 45.2 Å². The summed E-state index contributed by atoms with van der Waals surface area (Å²) < 4.78 is 10.5. The monoisotopic (exact) mass is 314 g/mol. The zero-order valence-electron chi connectivity index (χ0n) is 13.8. The molecule has 0 aliphatic carbocycles. The third-order valence-corrected chi connectivity index (χ3v) is 4.53. The highest BCUT2D eigenvalue weighted by Gasteiger charge is 2.31. The first-order valence-electron chi connectivity index (χ1n) is 8.04. The zero-order chi connectivity index (χ0) is 16.4. The van der Waals surface area contributed by atoms with Crippen molar-refractivity contribution in [1.82, 2.24) is 10.1 Å². The maximum atomic E-state index is 12.7. The van der Waals surface area contributed by atoms with Crippen LogP contribution in [0.15, 0.2) is 34.9 Å². The SMILES string of the molecule is COc1ccc(-c2cc(C(=O)N3[C@H](C)CCC[C@H]3C)no2)cc1. The van der Waals surface area contributed by atoms with Crippen LogP contribution >= 0.6 is 0 Å². The van der Waals surface area contributed by atoms with E-state index in [4.69, 9.17) is 9.26 Å². The van der Waals surface area contributed by atoms with Gasteiger partial charge in [-0.2, -0.15) is 0 Å². The predicted molar refractivity (Wildman–Crippen MR) is 87.4 cm³/mol. The van der Waals surface area contributed by atoms with Crippen molar-refractivity contribution < 1.29 is 14.1 Å². The fraction of sp³-hybridized carbons (Fsp3) is 0.444. The fourth-order valence-corrected chi connectivity index (χ4v) is 3.22. The van der Waals surface area contributed by atoms with Gasteiger partial charge in [-0.25, -0.2) is 0 Å². The Morgan fingerprint density at radius 3 is 2.48 bits per heavy atom. The van der Waals surface area contributed by atoms with Gasteiger partial charge in [0, 0.05) is 23.7 Å². The quantitative estimate of drug-likeness (QED) is 0.865. The van der Waals surface area contributed by atoms with Crippen molar-refractivity contribution in [3.05, 3.63) is 36.0 Å². The standard InChI is InChI=1S/C18H22N2O3/c1-12-5-4-6-13(2)20(12)18(21)16-11-17(23-19-16)14-7-9-15(22-3)10-8-14/h7-13H,4-6H2,1-3H3/t12-,13-/m1/s1. The van der Waals surface area contributed by atoms with Gasteiger partial charge in [-0.05, 0) is 57.4 Å². The van der Waals surface area contributed by atoms with Crippen LogP contribution in [-0.4, -0.2) is 35.2 Å². The van der Waals surface area contributed by atoms with Gasteiger partial charge in [0.1, 0.15) is 5.75 Å². The van der Waals surface area contributed by atoms with Crippen LogP contribution < -0.4 is 4.74 Å². The Morgan fingerprint density at radius 2 is 1.87 bits per heavy atom. The summed E-state index contributed by atoms with van der Waals surface area (Å²) >= 11 is 0. The molecule has 1 aliphatic heterocycles. The van der Waals surface area contributed by atoms with E-state index in [0.717, 1.165) is 24.2 Å². The number of benzene rings is 1. The maximum Gasteiger partial charge on any atom is 0.276 e. The molecule has 0 unspecified atom stereocenters. The van der Waals surface area contributed by atoms with Gasteiger partial charge in [-0.15, -0.1) is 0 Å². The number of carbonyl (C=O) groups excluding carboxylic acids is 1. The van der Waals surface area contributed by atoms with E-state index in [2.05, 4.69) is 19.0 Å². The molecule has 0 N–H and O–H groups in total. The number of amides is 1. The number of nitrogens with zero attached hydrogens (tertiary/aromatic N) is 2. The minimum atomic E-state index is -0.0480. The second kappa shape index (κ2) is 6.44. The van der Waals surface area contributed by atoms with Crippen molar-refractivity contribution in [2.24, 2.45) is 0 Å². The van der Waals surface area contributed by atoms with Gasteiger partial charge >= 0.3 is 0 Å². The van der Waals surface area contributed by atoms with Gasteiger partial charge < -0.3 is 14.2 Å². The van der Waals surface area contributed by atoms with Crippen molar-refractivity contribution in [1.29, 1.82) is 0 Å². The lowest BCUT2D eigenvalue weighted by Crippen LogP contribution is -2.47. The fourth-order valence-electron chi connectivity index (χ4n) is 3.22. The van der Waals surface area contributed by atoms with Crippen LogP contribution in [0.25, 0.3) is 11.3 Å². The molecular weight excluding hydrogens is 292 g/mol. The van der Waals surface area contributed by atoms with E-state index >= 15 is 0 Å². The molecule has 0 bridgehead atoms. The number of likely N-dealkylation sites (tertiary alicyclic amines) is 1. The molecule has 0 radical (unpaired) electrons. The number of ether oxygens (including phenoxy) is 1. The van der Waals surface area contributed by atoms with Gasteiger partial charge in [0.25, 0.3) is 5.91 Å². The topological polar surface area (TPSA) is 55.6 Å². The lowest BCUT2D eigenvalue weighted by molar-refractivity contribution is 0.0500. The van der Waals surface area contributed by atoms with E-state index in [0.29, 0.717) is 11.5 Å². The highest BCUT2D eigenvalue weighted by atomic mass is 16.5. The first kappa shape index (κ1) is 15.6. The first-order valence-corrected chi connectivity index (χ1v) is 8.04. The molecule has 1 saturated heterocycles. The highest BCUT2D eigenvalue weighted by molar-refractivity contribution is 5.93. The minimum absolute atomic E-state index is 0.0480. The summed E-state index contributed by atoms with van der Waals surface area (Å²) in [4.78, 5) is 14.7. The normalized spacial score (nSPS) is 21.3. The van der Waals surface area contributed by atoms with E-state index in [1.165, 1.54) is 6.42 Å². The van der Waals surface area contributed by atoms with Crippen LogP contribution in [0.4, 0.5) is 0 Å². The first-order chi connectivity index (χ1) is 11.1. The molecule has 5 nitrogen and oxygen atoms in total. The van der Waals surface area contributed by atoms with Crippen molar-refractivity contribution in [3.8, 4) is 17.1 Å². The number of carbonyl (C=O) groups is 1. The lowest BCUT2D eigenvalue weighted by Gasteiger charge is -2.38. The summed E-state index contributed by atoms with van der Waals surface area (Å²) in [6.07, 6.45) is 3.25. The van der Waals surface area contributed by atoms with Crippen LogP contribution in [0, 0.1) is 0 Å². The largest absolute Gasteiger partial charge is 0.497 e. The van der Waals surface area contributed by atoms with Gasteiger partial charge in [-0.3, -0.25) is 4.79 Å². The Morgan fingerprint density at radius 1 is 1.22 bits per heavy atom. The van der Waals surface area contributed by atoms with E-state index in [-0.39, 0.29) is 18.0 Å². The van der Waals surface area contributed by atoms with Gasteiger partial charge in [0.05, 0.1) is 7.11 Å². The Balaban J connectivity index is 1.81. The molecule has 1 fully saturated rings. The van der Waals surface area contributed by atoms with Crippen LogP contribution in [0.3, 0.4) is 0 Å². The third kappa shape index (κ3) is 3.09. The van der Waals surface area contributed by atoms with E-state index in [1.807, 2.05) is 29.2 Å². The smallest absolute Gasteiger partial charge is 0.276 e. The minimum Gasteiger partial charge on any atom is -0.497 e. The molecule has 1 amide bonds. The Bertz CT molecular complexity index is 668. The van der Waals surface area contributed by atoms with Crippen LogP contribution in [0.2, 0.25) is 0 Å². The Labute approximate surface area is 136 Å². The summed E-state index contributed by atoms with van der Waals surface area (Å²) in [5.41, 5.74) is 1.24. The second-order valence-electron chi connectivity index (χ2n) is 6.15. The van der Waals surface area contributed by atoms with E-state index < -0.39 is 0 Å². The third-order valence-electron chi connectivity index (χ3n) is 4.53. The van der Waals surface area contributed by atoms with Crippen LogP contribution in [0.1, 0.15) is 43.6 Å². The highest BCUT2D eigenvalue weighted by Crippen LogP contribution is 2.27. The number of methoxy groups -OCH3 is 1. The van der Waals surface area contributed by atoms with Crippen LogP contribution in [-0.2, 0) is 0 Å². The molecule has 3 rings (SSSR count). The summed E-state index contributed by atoms with van der Waals surface area (Å²) in [7, 11) is 1.63.